The van der Waals surface area contributed by atoms with Crippen molar-refractivity contribution in [1.29, 1.82) is 0 Å². The van der Waals surface area contributed by atoms with Gasteiger partial charge in [0.15, 0.2) is 5.96 Å². The van der Waals surface area contributed by atoms with Crippen molar-refractivity contribution >= 4 is 5.96 Å². The van der Waals surface area contributed by atoms with Gasteiger partial charge in [-0.15, -0.1) is 0 Å². The van der Waals surface area contributed by atoms with Crippen LogP contribution in [0, 0.1) is 11.8 Å². The van der Waals surface area contributed by atoms with Gasteiger partial charge in [-0.25, -0.2) is 0 Å². The summed E-state index contributed by atoms with van der Waals surface area (Å²) in [5, 5.41) is 6.94. The number of piperidine rings is 1. The van der Waals surface area contributed by atoms with Gasteiger partial charge in [-0.2, -0.15) is 0 Å². The first-order valence-corrected chi connectivity index (χ1v) is 10.1. The van der Waals surface area contributed by atoms with Crippen molar-refractivity contribution in [1.82, 2.24) is 15.5 Å². The second-order valence-electron chi connectivity index (χ2n) is 7.34. The van der Waals surface area contributed by atoms with Crippen LogP contribution in [0.3, 0.4) is 0 Å². The van der Waals surface area contributed by atoms with E-state index in [1.165, 1.54) is 71.0 Å². The third-order valence-corrected chi connectivity index (χ3v) is 5.46. The number of rotatable bonds is 8. The largest absolute Gasteiger partial charge is 0.357 e. The number of hydrogen-bond donors (Lipinski definition) is 2. The van der Waals surface area contributed by atoms with E-state index in [9.17, 15) is 0 Å². The molecule has 1 aliphatic heterocycles. The molecule has 0 aromatic carbocycles. The summed E-state index contributed by atoms with van der Waals surface area (Å²) in [6.45, 7) is 11.1. The normalized spacial score (nSPS) is 24.1. The third kappa shape index (κ3) is 7.11. The molecule has 1 heterocycles. The zero-order valence-electron chi connectivity index (χ0n) is 15.4. The number of guanidine groups is 1. The first-order chi connectivity index (χ1) is 11.3. The fourth-order valence-electron chi connectivity index (χ4n) is 4.05. The lowest BCUT2D eigenvalue weighted by atomic mass is 9.98. The van der Waals surface area contributed by atoms with Crippen LogP contribution >= 0.6 is 0 Å². The van der Waals surface area contributed by atoms with Gasteiger partial charge in [0.1, 0.15) is 0 Å². The molecule has 2 fully saturated rings. The van der Waals surface area contributed by atoms with E-state index in [0.717, 1.165) is 37.4 Å². The topological polar surface area (TPSA) is 39.7 Å². The summed E-state index contributed by atoms with van der Waals surface area (Å²) in [6.07, 6.45) is 11.2. The standard InChI is InChI=1S/C19H38N4/c1-3-20-19(21-13-7-11-17-9-5-6-10-17)22-15-18-12-8-14-23(4-2)16-18/h17-18H,3-16H2,1-2H3,(H2,20,21,22). The summed E-state index contributed by atoms with van der Waals surface area (Å²) in [7, 11) is 0. The predicted molar refractivity (Wildman–Crippen MR) is 100 cm³/mol. The van der Waals surface area contributed by atoms with Gasteiger partial charge in [0.05, 0.1) is 0 Å². The van der Waals surface area contributed by atoms with Gasteiger partial charge in [0.2, 0.25) is 0 Å². The molecule has 2 aliphatic rings. The first kappa shape index (κ1) is 18.6. The molecule has 2 N–H and O–H groups in total. The zero-order chi connectivity index (χ0) is 16.3. The number of likely N-dealkylation sites (tertiary alicyclic amines) is 1. The Morgan fingerprint density at radius 1 is 1.04 bits per heavy atom. The molecular formula is C19H38N4. The minimum absolute atomic E-state index is 0.734. The minimum atomic E-state index is 0.734. The number of nitrogens with one attached hydrogen (secondary N) is 2. The summed E-state index contributed by atoms with van der Waals surface area (Å²) in [5.41, 5.74) is 0. The highest BCUT2D eigenvalue weighted by atomic mass is 15.2. The summed E-state index contributed by atoms with van der Waals surface area (Å²) >= 11 is 0. The Labute approximate surface area is 143 Å². The Hall–Kier alpha value is -0.770. The monoisotopic (exact) mass is 322 g/mol. The molecule has 0 radical (unpaired) electrons. The maximum atomic E-state index is 4.84. The maximum absolute atomic E-state index is 4.84. The van der Waals surface area contributed by atoms with Crippen LogP contribution in [0.15, 0.2) is 4.99 Å². The maximum Gasteiger partial charge on any atom is 0.191 e. The molecule has 4 nitrogen and oxygen atoms in total. The lowest BCUT2D eigenvalue weighted by Gasteiger charge is -2.31. The van der Waals surface area contributed by atoms with E-state index in [2.05, 4.69) is 29.4 Å². The van der Waals surface area contributed by atoms with Gasteiger partial charge in [0, 0.05) is 26.2 Å². The van der Waals surface area contributed by atoms with Gasteiger partial charge >= 0.3 is 0 Å². The Morgan fingerprint density at radius 3 is 2.57 bits per heavy atom. The molecule has 1 unspecified atom stereocenters. The Kier molecular flexibility index (Phi) is 8.80. The third-order valence-electron chi connectivity index (χ3n) is 5.46. The molecule has 1 saturated heterocycles. The van der Waals surface area contributed by atoms with Crippen LogP contribution in [0.5, 0.6) is 0 Å². The van der Waals surface area contributed by atoms with Gasteiger partial charge in [-0.3, -0.25) is 4.99 Å². The van der Waals surface area contributed by atoms with E-state index in [0.29, 0.717) is 0 Å². The average molecular weight is 323 g/mol. The molecule has 0 aromatic heterocycles. The molecular weight excluding hydrogens is 284 g/mol. The summed E-state index contributed by atoms with van der Waals surface area (Å²) in [4.78, 5) is 7.40. The van der Waals surface area contributed by atoms with Crippen LogP contribution in [0.25, 0.3) is 0 Å². The van der Waals surface area contributed by atoms with Crippen LogP contribution in [0.2, 0.25) is 0 Å². The van der Waals surface area contributed by atoms with Crippen LogP contribution in [-0.2, 0) is 0 Å². The SMILES string of the molecule is CCNC(=NCC1CCCN(CC)C1)NCCCC1CCCC1. The van der Waals surface area contributed by atoms with Crippen LogP contribution in [-0.4, -0.2) is 50.1 Å². The predicted octanol–water partition coefficient (Wildman–Crippen LogP) is 3.24. The van der Waals surface area contributed by atoms with Crippen molar-refractivity contribution in [3.8, 4) is 0 Å². The van der Waals surface area contributed by atoms with Crippen LogP contribution < -0.4 is 10.6 Å². The Balaban J connectivity index is 1.66. The van der Waals surface area contributed by atoms with E-state index in [4.69, 9.17) is 4.99 Å². The highest BCUT2D eigenvalue weighted by Crippen LogP contribution is 2.28. The Morgan fingerprint density at radius 2 is 1.83 bits per heavy atom. The molecule has 0 bridgehead atoms. The van der Waals surface area contributed by atoms with Crippen LogP contribution in [0.1, 0.15) is 65.2 Å². The van der Waals surface area contributed by atoms with Crippen molar-refractivity contribution in [2.75, 3.05) is 39.3 Å². The van der Waals surface area contributed by atoms with Gasteiger partial charge in [-0.1, -0.05) is 32.6 Å². The van der Waals surface area contributed by atoms with Crippen molar-refractivity contribution in [2.24, 2.45) is 16.8 Å². The average Bonchev–Trinajstić information content (AvgIpc) is 3.10. The van der Waals surface area contributed by atoms with Crippen molar-refractivity contribution in [2.45, 2.75) is 65.2 Å². The quantitative estimate of drug-likeness (QED) is 0.409. The molecule has 2 rings (SSSR count). The smallest absolute Gasteiger partial charge is 0.191 e. The lowest BCUT2D eigenvalue weighted by Crippen LogP contribution is -2.40. The van der Waals surface area contributed by atoms with Crippen molar-refractivity contribution < 1.29 is 0 Å². The van der Waals surface area contributed by atoms with E-state index in [1.54, 1.807) is 0 Å². The lowest BCUT2D eigenvalue weighted by molar-refractivity contribution is 0.186. The summed E-state index contributed by atoms with van der Waals surface area (Å²) in [6, 6.07) is 0. The molecule has 1 aliphatic carbocycles. The molecule has 0 aromatic rings. The Bertz CT molecular complexity index is 336. The number of aliphatic imine (C=N–C) groups is 1. The highest BCUT2D eigenvalue weighted by Gasteiger charge is 2.18. The fourth-order valence-corrected chi connectivity index (χ4v) is 4.05. The molecule has 134 valence electrons. The van der Waals surface area contributed by atoms with Crippen molar-refractivity contribution in [3.63, 3.8) is 0 Å². The first-order valence-electron chi connectivity index (χ1n) is 10.1. The van der Waals surface area contributed by atoms with E-state index < -0.39 is 0 Å². The summed E-state index contributed by atoms with van der Waals surface area (Å²) < 4.78 is 0. The van der Waals surface area contributed by atoms with E-state index in [1.807, 2.05) is 0 Å². The van der Waals surface area contributed by atoms with Gasteiger partial charge in [0.25, 0.3) is 0 Å². The van der Waals surface area contributed by atoms with Gasteiger partial charge < -0.3 is 15.5 Å². The van der Waals surface area contributed by atoms with Gasteiger partial charge in [-0.05, 0) is 57.5 Å². The fraction of sp³-hybridized carbons (Fsp3) is 0.947. The van der Waals surface area contributed by atoms with E-state index in [-0.39, 0.29) is 0 Å². The molecule has 0 amide bonds. The number of hydrogen-bond acceptors (Lipinski definition) is 2. The van der Waals surface area contributed by atoms with Crippen molar-refractivity contribution in [3.05, 3.63) is 0 Å². The second-order valence-corrected chi connectivity index (χ2v) is 7.34. The zero-order valence-corrected chi connectivity index (χ0v) is 15.4. The van der Waals surface area contributed by atoms with E-state index >= 15 is 0 Å². The minimum Gasteiger partial charge on any atom is -0.357 e. The molecule has 1 atom stereocenters. The highest BCUT2D eigenvalue weighted by molar-refractivity contribution is 5.79. The molecule has 0 spiro atoms. The number of nitrogens with zero attached hydrogens (tertiary/aromatic N) is 2. The second kappa shape index (κ2) is 10.9. The molecule has 1 saturated carbocycles. The van der Waals surface area contributed by atoms with Crippen LogP contribution in [0.4, 0.5) is 0 Å². The summed E-state index contributed by atoms with van der Waals surface area (Å²) in [5.74, 6) is 2.75. The molecule has 4 heteroatoms. The molecule has 23 heavy (non-hydrogen) atoms.